The number of hydrogen-bond donors (Lipinski definition) is 2. The summed E-state index contributed by atoms with van der Waals surface area (Å²) in [7, 11) is 1.79. The molecule has 7 nitrogen and oxygen atoms in total. The van der Waals surface area contributed by atoms with E-state index in [1.54, 1.807) is 18.8 Å². The number of guanidine groups is 1. The number of aliphatic imine (C=N–C) groups is 1. The molecule has 0 saturated heterocycles. The minimum absolute atomic E-state index is 0.591. The lowest BCUT2D eigenvalue weighted by atomic mass is 10.2. The van der Waals surface area contributed by atoms with Gasteiger partial charge < -0.3 is 19.9 Å². The molecule has 1 aromatic heterocycles. The van der Waals surface area contributed by atoms with Gasteiger partial charge in [-0.05, 0) is 32.4 Å². The predicted octanol–water partition coefficient (Wildman–Crippen LogP) is 2.25. The summed E-state index contributed by atoms with van der Waals surface area (Å²) in [5, 5.41) is 16.5. The van der Waals surface area contributed by atoms with Gasteiger partial charge in [-0.25, -0.2) is 0 Å². The van der Waals surface area contributed by atoms with Gasteiger partial charge in [-0.15, -0.1) is 10.2 Å². The molecular weight excluding hydrogens is 336 g/mol. The summed E-state index contributed by atoms with van der Waals surface area (Å²) in [5.74, 6) is 1.94. The molecule has 25 heavy (non-hydrogen) atoms. The fourth-order valence-electron chi connectivity index (χ4n) is 3.21. The standard InChI is InChI=1S/C17H32N6OS/c1-4-24-13-12-20-16(18-2)19-11-7-10-15-21-22-17(25-3)23(15)14-8-5-6-9-14/h14H,4-13H2,1-3H3,(H2,18,19,20). The number of nitrogens with one attached hydrogen (secondary N) is 2. The van der Waals surface area contributed by atoms with Crippen LogP contribution in [-0.2, 0) is 11.2 Å². The minimum atomic E-state index is 0.591. The number of aromatic nitrogens is 3. The fraction of sp³-hybridized carbons (Fsp3) is 0.824. The highest BCUT2D eigenvalue weighted by Gasteiger charge is 2.23. The largest absolute Gasteiger partial charge is 0.380 e. The van der Waals surface area contributed by atoms with Crippen molar-refractivity contribution >= 4 is 17.7 Å². The first kappa shape index (κ1) is 20.0. The molecule has 1 saturated carbocycles. The lowest BCUT2D eigenvalue weighted by Gasteiger charge is -2.16. The molecule has 0 aromatic carbocycles. The molecule has 1 aliphatic carbocycles. The molecule has 0 unspecified atom stereocenters. The molecule has 1 aliphatic rings. The molecule has 0 spiro atoms. The van der Waals surface area contributed by atoms with Gasteiger partial charge in [0.2, 0.25) is 0 Å². The zero-order valence-corrected chi connectivity index (χ0v) is 16.6. The molecule has 1 heterocycles. The molecule has 8 heteroatoms. The van der Waals surface area contributed by atoms with E-state index in [1.165, 1.54) is 25.7 Å². The molecule has 2 rings (SSSR count). The first-order valence-corrected chi connectivity index (χ1v) is 10.5. The third kappa shape index (κ3) is 6.18. The monoisotopic (exact) mass is 368 g/mol. The Morgan fingerprint density at radius 1 is 1.28 bits per heavy atom. The SMILES string of the molecule is CCOCCNC(=NC)NCCCc1nnc(SC)n1C1CCCC1. The Bertz CT molecular complexity index is 527. The molecular formula is C17H32N6OS. The Hall–Kier alpha value is -1.28. The van der Waals surface area contributed by atoms with Crippen LogP contribution < -0.4 is 10.6 Å². The van der Waals surface area contributed by atoms with Gasteiger partial charge in [0.25, 0.3) is 0 Å². The number of nitrogens with zero attached hydrogens (tertiary/aromatic N) is 4. The zero-order chi connectivity index (χ0) is 17.9. The van der Waals surface area contributed by atoms with Crippen molar-refractivity contribution in [1.29, 1.82) is 0 Å². The number of hydrogen-bond acceptors (Lipinski definition) is 5. The maximum absolute atomic E-state index is 5.32. The molecule has 0 aliphatic heterocycles. The molecule has 0 radical (unpaired) electrons. The summed E-state index contributed by atoms with van der Waals surface area (Å²) in [6, 6.07) is 0.591. The van der Waals surface area contributed by atoms with E-state index in [0.717, 1.165) is 49.5 Å². The van der Waals surface area contributed by atoms with Crippen LogP contribution in [0.3, 0.4) is 0 Å². The van der Waals surface area contributed by atoms with Crippen molar-refractivity contribution in [2.75, 3.05) is 39.6 Å². The molecule has 2 N–H and O–H groups in total. The predicted molar refractivity (Wildman–Crippen MR) is 103 cm³/mol. The Labute approximate surface area is 155 Å². The Morgan fingerprint density at radius 3 is 2.72 bits per heavy atom. The van der Waals surface area contributed by atoms with E-state index >= 15 is 0 Å². The Balaban J connectivity index is 1.76. The van der Waals surface area contributed by atoms with E-state index < -0.39 is 0 Å². The second kappa shape index (κ2) is 11.4. The van der Waals surface area contributed by atoms with Gasteiger partial charge in [-0.3, -0.25) is 4.99 Å². The molecule has 142 valence electrons. The third-order valence-electron chi connectivity index (χ3n) is 4.44. The zero-order valence-electron chi connectivity index (χ0n) is 15.8. The van der Waals surface area contributed by atoms with Gasteiger partial charge in [-0.1, -0.05) is 24.6 Å². The topological polar surface area (TPSA) is 76.4 Å². The highest BCUT2D eigenvalue weighted by Crippen LogP contribution is 2.33. The lowest BCUT2D eigenvalue weighted by molar-refractivity contribution is 0.152. The molecule has 1 fully saturated rings. The maximum Gasteiger partial charge on any atom is 0.191 e. The highest BCUT2D eigenvalue weighted by molar-refractivity contribution is 7.98. The van der Waals surface area contributed by atoms with Crippen molar-refractivity contribution in [1.82, 2.24) is 25.4 Å². The first-order valence-electron chi connectivity index (χ1n) is 9.30. The highest BCUT2D eigenvalue weighted by atomic mass is 32.2. The van der Waals surface area contributed by atoms with Gasteiger partial charge in [-0.2, -0.15) is 0 Å². The lowest BCUT2D eigenvalue weighted by Crippen LogP contribution is -2.39. The van der Waals surface area contributed by atoms with Gasteiger partial charge >= 0.3 is 0 Å². The molecule has 0 bridgehead atoms. The van der Waals surface area contributed by atoms with Crippen LogP contribution >= 0.6 is 11.8 Å². The van der Waals surface area contributed by atoms with Crippen LogP contribution in [0.15, 0.2) is 10.1 Å². The van der Waals surface area contributed by atoms with E-state index in [-0.39, 0.29) is 0 Å². The summed E-state index contributed by atoms with van der Waals surface area (Å²) in [6.07, 6.45) is 9.18. The van der Waals surface area contributed by atoms with E-state index in [1.807, 2.05) is 6.92 Å². The summed E-state index contributed by atoms with van der Waals surface area (Å²) in [5.41, 5.74) is 0. The summed E-state index contributed by atoms with van der Waals surface area (Å²) < 4.78 is 7.70. The summed E-state index contributed by atoms with van der Waals surface area (Å²) in [6.45, 7) is 5.06. The van der Waals surface area contributed by atoms with Crippen molar-refractivity contribution < 1.29 is 4.74 Å². The van der Waals surface area contributed by atoms with Crippen molar-refractivity contribution in [3.63, 3.8) is 0 Å². The van der Waals surface area contributed by atoms with Crippen LogP contribution in [-0.4, -0.2) is 60.3 Å². The van der Waals surface area contributed by atoms with Gasteiger partial charge in [0.15, 0.2) is 11.1 Å². The van der Waals surface area contributed by atoms with Gasteiger partial charge in [0.1, 0.15) is 5.82 Å². The van der Waals surface area contributed by atoms with Crippen LogP contribution in [0, 0.1) is 0 Å². The van der Waals surface area contributed by atoms with Gasteiger partial charge in [0, 0.05) is 39.2 Å². The van der Waals surface area contributed by atoms with Crippen LogP contribution in [0.1, 0.15) is 50.9 Å². The molecule has 0 amide bonds. The van der Waals surface area contributed by atoms with E-state index in [4.69, 9.17) is 4.74 Å². The van der Waals surface area contributed by atoms with Crippen molar-refractivity contribution in [3.8, 4) is 0 Å². The number of rotatable bonds is 10. The van der Waals surface area contributed by atoms with Gasteiger partial charge in [0.05, 0.1) is 6.61 Å². The Morgan fingerprint density at radius 2 is 2.04 bits per heavy atom. The fourth-order valence-corrected chi connectivity index (χ4v) is 3.78. The maximum atomic E-state index is 5.32. The van der Waals surface area contributed by atoms with Crippen LogP contribution in [0.5, 0.6) is 0 Å². The second-order valence-electron chi connectivity index (χ2n) is 6.14. The normalized spacial score (nSPS) is 15.7. The van der Waals surface area contributed by atoms with E-state index in [2.05, 4.69) is 36.6 Å². The quantitative estimate of drug-likeness (QED) is 0.285. The number of aryl methyl sites for hydroxylation is 1. The van der Waals surface area contributed by atoms with Crippen LogP contribution in [0.2, 0.25) is 0 Å². The van der Waals surface area contributed by atoms with Crippen molar-refractivity contribution in [2.45, 2.75) is 56.6 Å². The summed E-state index contributed by atoms with van der Waals surface area (Å²) in [4.78, 5) is 4.23. The molecule has 1 aromatic rings. The van der Waals surface area contributed by atoms with E-state index in [0.29, 0.717) is 12.6 Å². The number of ether oxygens (including phenoxy) is 1. The number of thioether (sulfide) groups is 1. The van der Waals surface area contributed by atoms with Crippen LogP contribution in [0.25, 0.3) is 0 Å². The third-order valence-corrected chi connectivity index (χ3v) is 5.09. The smallest absolute Gasteiger partial charge is 0.191 e. The molecule has 0 atom stereocenters. The first-order chi connectivity index (χ1) is 12.3. The van der Waals surface area contributed by atoms with E-state index in [9.17, 15) is 0 Å². The summed E-state index contributed by atoms with van der Waals surface area (Å²) >= 11 is 1.70. The average molecular weight is 369 g/mol. The minimum Gasteiger partial charge on any atom is -0.380 e. The second-order valence-corrected chi connectivity index (χ2v) is 6.91. The van der Waals surface area contributed by atoms with Crippen molar-refractivity contribution in [2.24, 2.45) is 4.99 Å². The Kier molecular flexibility index (Phi) is 9.10. The van der Waals surface area contributed by atoms with Crippen LogP contribution in [0.4, 0.5) is 0 Å². The average Bonchev–Trinajstić information content (AvgIpc) is 3.29. The van der Waals surface area contributed by atoms with Crippen molar-refractivity contribution in [3.05, 3.63) is 5.82 Å².